The van der Waals surface area contributed by atoms with Gasteiger partial charge in [0.05, 0.1) is 18.1 Å². The Morgan fingerprint density at radius 3 is 2.48 bits per heavy atom. The van der Waals surface area contributed by atoms with Crippen molar-refractivity contribution in [3.8, 4) is 5.75 Å². The summed E-state index contributed by atoms with van der Waals surface area (Å²) in [6, 6.07) is 10.3. The standard InChI is InChI=1S/C18H16F3NO5/c19-18(20,21)14-9-22(8-13(14)17(24)25)16(23)15-11(6-7-26-15)10-27-12-4-2-1-3-5-12/h1-7,13-14H,8-10H2,(H,24,25)/t13-,14-/m1/s1. The predicted octanol–water partition coefficient (Wildman–Crippen LogP) is 3.19. The number of carboxylic acids is 1. The van der Waals surface area contributed by atoms with E-state index in [0.29, 0.717) is 11.3 Å². The second-order valence-electron chi connectivity index (χ2n) is 6.18. The highest BCUT2D eigenvalue weighted by Crippen LogP contribution is 2.38. The molecule has 3 rings (SSSR count). The van der Waals surface area contributed by atoms with Crippen molar-refractivity contribution in [1.29, 1.82) is 0 Å². The van der Waals surface area contributed by atoms with E-state index in [1.807, 2.05) is 6.07 Å². The summed E-state index contributed by atoms with van der Waals surface area (Å²) in [5, 5.41) is 9.06. The Labute approximate surface area is 152 Å². The van der Waals surface area contributed by atoms with Gasteiger partial charge in [-0.05, 0) is 18.2 Å². The lowest BCUT2D eigenvalue weighted by Crippen LogP contribution is -2.34. The van der Waals surface area contributed by atoms with Crippen molar-refractivity contribution in [2.45, 2.75) is 12.8 Å². The fraction of sp³-hybridized carbons (Fsp3) is 0.333. The molecule has 1 saturated heterocycles. The number of hydrogen-bond donors (Lipinski definition) is 1. The van der Waals surface area contributed by atoms with E-state index >= 15 is 0 Å². The van der Waals surface area contributed by atoms with Crippen molar-refractivity contribution in [3.05, 3.63) is 54.0 Å². The summed E-state index contributed by atoms with van der Waals surface area (Å²) in [7, 11) is 0. The van der Waals surface area contributed by atoms with Crippen molar-refractivity contribution in [2.24, 2.45) is 11.8 Å². The number of para-hydroxylation sites is 1. The minimum atomic E-state index is -4.71. The van der Waals surface area contributed by atoms with Gasteiger partial charge >= 0.3 is 12.1 Å². The first-order chi connectivity index (χ1) is 12.8. The van der Waals surface area contributed by atoms with Gasteiger partial charge in [-0.1, -0.05) is 18.2 Å². The van der Waals surface area contributed by atoms with Gasteiger partial charge in [0.2, 0.25) is 0 Å². The Hall–Kier alpha value is -2.97. The maximum absolute atomic E-state index is 13.1. The van der Waals surface area contributed by atoms with Gasteiger partial charge in [-0.25, -0.2) is 0 Å². The molecule has 27 heavy (non-hydrogen) atoms. The zero-order valence-corrected chi connectivity index (χ0v) is 14.0. The molecule has 0 unspecified atom stereocenters. The zero-order chi connectivity index (χ0) is 19.6. The molecule has 6 nitrogen and oxygen atoms in total. The number of furan rings is 1. The fourth-order valence-electron chi connectivity index (χ4n) is 3.01. The van der Waals surface area contributed by atoms with E-state index in [2.05, 4.69) is 0 Å². The summed E-state index contributed by atoms with van der Waals surface area (Å²) in [6.07, 6.45) is -3.47. The number of carbonyl (C=O) groups excluding carboxylic acids is 1. The number of aliphatic carboxylic acids is 1. The van der Waals surface area contributed by atoms with Crippen LogP contribution in [0.5, 0.6) is 5.75 Å². The third-order valence-corrected chi connectivity index (χ3v) is 4.42. The third kappa shape index (κ3) is 4.07. The van der Waals surface area contributed by atoms with E-state index < -0.39 is 43.0 Å². The van der Waals surface area contributed by atoms with Crippen molar-refractivity contribution in [1.82, 2.24) is 4.90 Å². The summed E-state index contributed by atoms with van der Waals surface area (Å²) in [6.45, 7) is -1.27. The van der Waals surface area contributed by atoms with Gasteiger partial charge < -0.3 is 19.2 Å². The number of carboxylic acid groups (broad SMARTS) is 1. The van der Waals surface area contributed by atoms with Crippen LogP contribution in [0, 0.1) is 11.8 Å². The van der Waals surface area contributed by atoms with Crippen LogP contribution in [0.1, 0.15) is 16.1 Å². The van der Waals surface area contributed by atoms with Crippen LogP contribution in [-0.4, -0.2) is 41.1 Å². The molecule has 1 aromatic heterocycles. The highest BCUT2D eigenvalue weighted by Gasteiger charge is 2.53. The summed E-state index contributed by atoms with van der Waals surface area (Å²) in [5.41, 5.74) is 0.367. The molecule has 2 atom stereocenters. The number of ether oxygens (including phenoxy) is 1. The maximum Gasteiger partial charge on any atom is 0.394 e. The highest BCUT2D eigenvalue weighted by molar-refractivity contribution is 5.93. The average Bonchev–Trinajstić information content (AvgIpc) is 3.27. The second-order valence-corrected chi connectivity index (χ2v) is 6.18. The van der Waals surface area contributed by atoms with E-state index in [-0.39, 0.29) is 12.4 Å². The molecular formula is C18H16F3NO5. The van der Waals surface area contributed by atoms with Crippen molar-refractivity contribution >= 4 is 11.9 Å². The molecule has 1 aliphatic heterocycles. The van der Waals surface area contributed by atoms with Gasteiger partial charge in [-0.15, -0.1) is 0 Å². The molecule has 1 amide bonds. The largest absolute Gasteiger partial charge is 0.489 e. The SMILES string of the molecule is O=C(O)[C@@H]1CN(C(=O)c2occc2COc2ccccc2)C[C@H]1C(F)(F)F. The smallest absolute Gasteiger partial charge is 0.394 e. The summed E-state index contributed by atoms with van der Waals surface area (Å²) < 4.78 is 50.0. The van der Waals surface area contributed by atoms with Gasteiger partial charge in [0.15, 0.2) is 5.76 Å². The Morgan fingerprint density at radius 2 is 1.89 bits per heavy atom. The molecule has 1 aliphatic rings. The zero-order valence-electron chi connectivity index (χ0n) is 14.0. The number of halogens is 3. The van der Waals surface area contributed by atoms with E-state index in [0.717, 1.165) is 4.90 Å². The van der Waals surface area contributed by atoms with Crippen LogP contribution >= 0.6 is 0 Å². The van der Waals surface area contributed by atoms with Crippen molar-refractivity contribution in [3.63, 3.8) is 0 Å². The summed E-state index contributed by atoms with van der Waals surface area (Å²) in [4.78, 5) is 24.6. The van der Waals surface area contributed by atoms with Crippen LogP contribution in [-0.2, 0) is 11.4 Å². The Balaban J connectivity index is 1.73. The number of amides is 1. The molecule has 1 aromatic carbocycles. The normalized spacial score (nSPS) is 19.9. The Kier molecular flexibility index (Phi) is 5.11. The van der Waals surface area contributed by atoms with Crippen molar-refractivity contribution in [2.75, 3.05) is 13.1 Å². The molecule has 0 radical (unpaired) electrons. The molecule has 0 aliphatic carbocycles. The van der Waals surface area contributed by atoms with E-state index in [4.69, 9.17) is 14.3 Å². The predicted molar refractivity (Wildman–Crippen MR) is 86.1 cm³/mol. The number of hydrogen-bond acceptors (Lipinski definition) is 4. The number of nitrogens with zero attached hydrogens (tertiary/aromatic N) is 1. The summed E-state index contributed by atoms with van der Waals surface area (Å²) in [5.74, 6) is -5.78. The topological polar surface area (TPSA) is 80.0 Å². The first-order valence-corrected chi connectivity index (χ1v) is 8.10. The summed E-state index contributed by atoms with van der Waals surface area (Å²) >= 11 is 0. The quantitative estimate of drug-likeness (QED) is 0.858. The van der Waals surface area contributed by atoms with Crippen LogP contribution in [0.15, 0.2) is 47.1 Å². The second kappa shape index (κ2) is 7.34. The first kappa shape index (κ1) is 18.8. The van der Waals surface area contributed by atoms with Crippen LogP contribution in [0.4, 0.5) is 13.2 Å². The number of benzene rings is 1. The van der Waals surface area contributed by atoms with Gasteiger partial charge in [0.1, 0.15) is 12.4 Å². The number of alkyl halides is 3. The molecule has 1 N–H and O–H groups in total. The molecule has 2 heterocycles. The lowest BCUT2D eigenvalue weighted by molar-refractivity contribution is -0.187. The van der Waals surface area contributed by atoms with E-state index in [1.54, 1.807) is 24.3 Å². The fourth-order valence-corrected chi connectivity index (χ4v) is 3.01. The lowest BCUT2D eigenvalue weighted by atomic mass is 9.96. The van der Waals surface area contributed by atoms with Gasteiger partial charge in [0, 0.05) is 18.7 Å². The van der Waals surface area contributed by atoms with Crippen LogP contribution in [0.2, 0.25) is 0 Å². The number of likely N-dealkylation sites (tertiary alicyclic amines) is 1. The van der Waals surface area contributed by atoms with Gasteiger partial charge in [-0.2, -0.15) is 13.2 Å². The molecule has 9 heteroatoms. The molecule has 144 valence electrons. The van der Waals surface area contributed by atoms with E-state index in [1.165, 1.54) is 12.3 Å². The molecule has 0 spiro atoms. The minimum Gasteiger partial charge on any atom is -0.489 e. The van der Waals surface area contributed by atoms with E-state index in [9.17, 15) is 22.8 Å². The molecule has 0 bridgehead atoms. The molecule has 1 fully saturated rings. The maximum atomic E-state index is 13.1. The van der Waals surface area contributed by atoms with Crippen LogP contribution < -0.4 is 4.74 Å². The number of carbonyl (C=O) groups is 2. The van der Waals surface area contributed by atoms with Gasteiger partial charge in [-0.3, -0.25) is 9.59 Å². The third-order valence-electron chi connectivity index (χ3n) is 4.42. The minimum absolute atomic E-state index is 0.0134. The molecular weight excluding hydrogens is 367 g/mol. The molecule has 0 saturated carbocycles. The van der Waals surface area contributed by atoms with Crippen molar-refractivity contribution < 1.29 is 37.0 Å². The molecule has 2 aromatic rings. The Bertz CT molecular complexity index is 818. The van der Waals surface area contributed by atoms with Crippen LogP contribution in [0.3, 0.4) is 0 Å². The average molecular weight is 383 g/mol. The van der Waals surface area contributed by atoms with Crippen LogP contribution in [0.25, 0.3) is 0 Å². The monoisotopic (exact) mass is 383 g/mol. The number of rotatable bonds is 5. The van der Waals surface area contributed by atoms with Gasteiger partial charge in [0.25, 0.3) is 5.91 Å². The lowest BCUT2D eigenvalue weighted by Gasteiger charge is -2.18. The first-order valence-electron chi connectivity index (χ1n) is 8.10. The highest BCUT2D eigenvalue weighted by atomic mass is 19.4. The Morgan fingerprint density at radius 1 is 1.19 bits per heavy atom.